The second-order valence-corrected chi connectivity index (χ2v) is 9.97. The Kier molecular flexibility index (Phi) is 8.49. The SMILES string of the molecule is CC(=O)N1CCCN(CCC2CN(C(=O)CC(C)(C)C)CCC2CC(=O)O)CC1. The topological polar surface area (TPSA) is 81.2 Å². The molecular weight excluding hydrogens is 370 g/mol. The highest BCUT2D eigenvalue weighted by molar-refractivity contribution is 5.77. The highest BCUT2D eigenvalue weighted by Gasteiger charge is 2.34. The van der Waals surface area contributed by atoms with Gasteiger partial charge in [-0.25, -0.2) is 0 Å². The van der Waals surface area contributed by atoms with E-state index in [1.165, 1.54) is 0 Å². The van der Waals surface area contributed by atoms with E-state index in [0.29, 0.717) is 19.5 Å². The summed E-state index contributed by atoms with van der Waals surface area (Å²) in [5.41, 5.74) is -0.0425. The molecule has 2 heterocycles. The fourth-order valence-electron chi connectivity index (χ4n) is 4.55. The van der Waals surface area contributed by atoms with Crippen LogP contribution in [0.3, 0.4) is 0 Å². The van der Waals surface area contributed by atoms with Crippen LogP contribution in [0.1, 0.15) is 59.8 Å². The summed E-state index contributed by atoms with van der Waals surface area (Å²) in [5, 5.41) is 9.32. The van der Waals surface area contributed by atoms with E-state index in [1.807, 2.05) is 9.80 Å². The number of amides is 2. The van der Waals surface area contributed by atoms with Crippen LogP contribution in [-0.4, -0.2) is 83.4 Å². The zero-order valence-corrected chi connectivity index (χ0v) is 18.7. The zero-order chi connectivity index (χ0) is 21.6. The van der Waals surface area contributed by atoms with Gasteiger partial charge in [0.05, 0.1) is 0 Å². The van der Waals surface area contributed by atoms with Crippen molar-refractivity contribution >= 4 is 17.8 Å². The number of hydrogen-bond acceptors (Lipinski definition) is 4. The predicted octanol–water partition coefficient (Wildman–Crippen LogP) is 2.31. The van der Waals surface area contributed by atoms with Gasteiger partial charge >= 0.3 is 5.97 Å². The number of aliphatic carboxylic acids is 1. The maximum absolute atomic E-state index is 12.7. The summed E-state index contributed by atoms with van der Waals surface area (Å²) < 4.78 is 0. The van der Waals surface area contributed by atoms with Gasteiger partial charge < -0.3 is 19.8 Å². The maximum Gasteiger partial charge on any atom is 0.303 e. The first-order valence-corrected chi connectivity index (χ1v) is 11.0. The number of hydrogen-bond donors (Lipinski definition) is 1. The van der Waals surface area contributed by atoms with E-state index in [1.54, 1.807) is 6.92 Å². The van der Waals surface area contributed by atoms with Gasteiger partial charge in [0.15, 0.2) is 0 Å². The quantitative estimate of drug-likeness (QED) is 0.728. The van der Waals surface area contributed by atoms with E-state index < -0.39 is 5.97 Å². The van der Waals surface area contributed by atoms with Crippen LogP contribution in [0.25, 0.3) is 0 Å². The second kappa shape index (κ2) is 10.4. The molecule has 1 N–H and O–H groups in total. The lowest BCUT2D eigenvalue weighted by Crippen LogP contribution is -2.46. The molecule has 0 saturated carbocycles. The second-order valence-electron chi connectivity index (χ2n) is 9.97. The number of carboxylic acids is 1. The van der Waals surface area contributed by atoms with Gasteiger partial charge in [0.25, 0.3) is 0 Å². The Labute approximate surface area is 175 Å². The summed E-state index contributed by atoms with van der Waals surface area (Å²) >= 11 is 0. The number of likely N-dealkylation sites (tertiary alicyclic amines) is 1. The van der Waals surface area contributed by atoms with Crippen LogP contribution in [0.5, 0.6) is 0 Å². The molecule has 166 valence electrons. The molecular formula is C22H39N3O4. The number of nitrogens with zero attached hydrogens (tertiary/aromatic N) is 3. The fraction of sp³-hybridized carbons (Fsp3) is 0.864. The molecule has 29 heavy (non-hydrogen) atoms. The van der Waals surface area contributed by atoms with Crippen LogP contribution >= 0.6 is 0 Å². The number of carbonyl (C=O) groups is 3. The molecule has 7 heteroatoms. The Hall–Kier alpha value is -1.63. The molecule has 2 fully saturated rings. The summed E-state index contributed by atoms with van der Waals surface area (Å²) in [6.45, 7) is 13.5. The van der Waals surface area contributed by atoms with Crippen molar-refractivity contribution in [1.29, 1.82) is 0 Å². The van der Waals surface area contributed by atoms with E-state index in [-0.39, 0.29) is 35.5 Å². The van der Waals surface area contributed by atoms with E-state index in [4.69, 9.17) is 0 Å². The van der Waals surface area contributed by atoms with Crippen molar-refractivity contribution in [1.82, 2.24) is 14.7 Å². The first kappa shape index (κ1) is 23.6. The van der Waals surface area contributed by atoms with Crippen LogP contribution in [0, 0.1) is 17.3 Å². The third-order valence-corrected chi connectivity index (χ3v) is 6.21. The van der Waals surface area contributed by atoms with E-state index in [9.17, 15) is 19.5 Å². The van der Waals surface area contributed by atoms with Crippen molar-refractivity contribution in [3.05, 3.63) is 0 Å². The molecule has 0 radical (unpaired) electrons. The molecule has 2 amide bonds. The fourth-order valence-corrected chi connectivity index (χ4v) is 4.55. The standard InChI is InChI=1S/C22H39N3O4/c1-17(26)24-9-5-8-23(12-13-24)10-6-19-16-25(20(27)15-22(2,3)4)11-7-18(19)14-21(28)29/h18-19H,5-16H2,1-4H3,(H,28,29). The monoisotopic (exact) mass is 409 g/mol. The van der Waals surface area contributed by atoms with Gasteiger partial charge in [-0.3, -0.25) is 14.4 Å². The molecule has 7 nitrogen and oxygen atoms in total. The zero-order valence-electron chi connectivity index (χ0n) is 18.7. The molecule has 0 aromatic rings. The van der Waals surface area contributed by atoms with Gasteiger partial charge in [-0.2, -0.15) is 0 Å². The van der Waals surface area contributed by atoms with Gasteiger partial charge in [-0.15, -0.1) is 0 Å². The highest BCUT2D eigenvalue weighted by atomic mass is 16.4. The van der Waals surface area contributed by atoms with Gasteiger partial charge in [0, 0.05) is 52.5 Å². The smallest absolute Gasteiger partial charge is 0.303 e. The van der Waals surface area contributed by atoms with Gasteiger partial charge in [-0.05, 0) is 49.6 Å². The molecule has 2 atom stereocenters. The lowest BCUT2D eigenvalue weighted by molar-refractivity contribution is -0.140. The third kappa shape index (κ3) is 7.96. The first-order valence-electron chi connectivity index (χ1n) is 11.0. The van der Waals surface area contributed by atoms with Crippen molar-refractivity contribution in [3.8, 4) is 0 Å². The lowest BCUT2D eigenvalue weighted by Gasteiger charge is -2.40. The average molecular weight is 410 g/mol. The van der Waals surface area contributed by atoms with Crippen LogP contribution in [0.2, 0.25) is 0 Å². The predicted molar refractivity (Wildman–Crippen MR) is 112 cm³/mol. The summed E-state index contributed by atoms with van der Waals surface area (Å²) in [7, 11) is 0. The van der Waals surface area contributed by atoms with Crippen molar-refractivity contribution in [3.63, 3.8) is 0 Å². The molecule has 2 aliphatic rings. The first-order chi connectivity index (χ1) is 13.5. The maximum atomic E-state index is 12.7. The molecule has 2 aliphatic heterocycles. The molecule has 0 bridgehead atoms. The van der Waals surface area contributed by atoms with Crippen LogP contribution in [0.4, 0.5) is 0 Å². The van der Waals surface area contributed by atoms with E-state index in [0.717, 1.165) is 52.0 Å². The third-order valence-electron chi connectivity index (χ3n) is 6.21. The largest absolute Gasteiger partial charge is 0.481 e. The number of rotatable bonds is 6. The van der Waals surface area contributed by atoms with Crippen molar-refractivity contribution in [2.24, 2.45) is 17.3 Å². The molecule has 0 spiro atoms. The summed E-state index contributed by atoms with van der Waals surface area (Å²) in [6, 6.07) is 0. The van der Waals surface area contributed by atoms with Crippen molar-refractivity contribution in [2.45, 2.75) is 59.8 Å². The molecule has 0 aromatic carbocycles. The Bertz CT molecular complexity index is 587. The molecule has 0 aromatic heterocycles. The van der Waals surface area contributed by atoms with Gasteiger partial charge in [-0.1, -0.05) is 20.8 Å². The minimum atomic E-state index is -0.749. The Morgan fingerprint density at radius 3 is 2.31 bits per heavy atom. The Morgan fingerprint density at radius 1 is 0.966 bits per heavy atom. The summed E-state index contributed by atoms with van der Waals surface area (Å²) in [5.74, 6) is -0.0824. The lowest BCUT2D eigenvalue weighted by atomic mass is 9.80. The Morgan fingerprint density at radius 2 is 1.69 bits per heavy atom. The van der Waals surface area contributed by atoms with Crippen molar-refractivity contribution < 1.29 is 19.5 Å². The summed E-state index contributed by atoms with van der Waals surface area (Å²) in [4.78, 5) is 41.9. The van der Waals surface area contributed by atoms with Gasteiger partial charge in [0.2, 0.25) is 11.8 Å². The average Bonchev–Trinajstić information content (AvgIpc) is 2.84. The van der Waals surface area contributed by atoms with E-state index in [2.05, 4.69) is 25.7 Å². The highest BCUT2D eigenvalue weighted by Crippen LogP contribution is 2.31. The summed E-state index contributed by atoms with van der Waals surface area (Å²) in [6.07, 6.45) is 3.35. The number of carboxylic acid groups (broad SMARTS) is 1. The van der Waals surface area contributed by atoms with Crippen LogP contribution in [0.15, 0.2) is 0 Å². The molecule has 2 saturated heterocycles. The molecule has 2 unspecified atom stereocenters. The minimum Gasteiger partial charge on any atom is -0.481 e. The normalized spacial score (nSPS) is 24.3. The van der Waals surface area contributed by atoms with Crippen LogP contribution < -0.4 is 0 Å². The molecule has 2 rings (SSSR count). The van der Waals surface area contributed by atoms with E-state index >= 15 is 0 Å². The van der Waals surface area contributed by atoms with Crippen LogP contribution in [-0.2, 0) is 14.4 Å². The van der Waals surface area contributed by atoms with Gasteiger partial charge in [0.1, 0.15) is 0 Å². The minimum absolute atomic E-state index is 0.0425. The Balaban J connectivity index is 1.94. The molecule has 0 aliphatic carbocycles. The number of piperidine rings is 1. The van der Waals surface area contributed by atoms with Crippen molar-refractivity contribution in [2.75, 3.05) is 45.8 Å². The number of carbonyl (C=O) groups excluding carboxylic acids is 2.